The summed E-state index contributed by atoms with van der Waals surface area (Å²) < 4.78 is 45.0. The zero-order valence-corrected chi connectivity index (χ0v) is 12.4. The van der Waals surface area contributed by atoms with Crippen LogP contribution in [0.25, 0.3) is 11.4 Å². The number of halogens is 3. The van der Waals surface area contributed by atoms with E-state index in [-0.39, 0.29) is 0 Å². The lowest BCUT2D eigenvalue weighted by molar-refractivity contribution is -0.140. The maximum atomic E-state index is 12.9. The number of aromatic nitrogens is 2. The second-order valence-corrected chi connectivity index (χ2v) is 4.86. The molecule has 1 N–H and O–H groups in total. The summed E-state index contributed by atoms with van der Waals surface area (Å²) in [7, 11) is 3.34. The van der Waals surface area contributed by atoms with Gasteiger partial charge in [-0.1, -0.05) is 24.3 Å². The van der Waals surface area contributed by atoms with Crippen LogP contribution < -0.4 is 5.32 Å². The number of nitrogens with one attached hydrogen (secondary N) is 1. The number of methoxy groups -OCH3 is 1. The van der Waals surface area contributed by atoms with Gasteiger partial charge in [0.2, 0.25) is 0 Å². The predicted molar refractivity (Wildman–Crippen MR) is 77.3 cm³/mol. The van der Waals surface area contributed by atoms with E-state index >= 15 is 0 Å². The van der Waals surface area contributed by atoms with Crippen LogP contribution in [0.15, 0.2) is 30.5 Å². The van der Waals surface area contributed by atoms with Crippen molar-refractivity contribution in [2.75, 3.05) is 20.8 Å². The summed E-state index contributed by atoms with van der Waals surface area (Å²) in [6, 6.07) is 7.29. The van der Waals surface area contributed by atoms with Crippen LogP contribution in [0.3, 0.4) is 0 Å². The van der Waals surface area contributed by atoms with E-state index in [1.807, 2.05) is 19.2 Å². The predicted octanol–water partition coefficient (Wildman–Crippen LogP) is 2.93. The molecule has 7 heteroatoms. The van der Waals surface area contributed by atoms with Gasteiger partial charge in [0, 0.05) is 32.0 Å². The van der Waals surface area contributed by atoms with Crippen LogP contribution in [0.4, 0.5) is 13.2 Å². The largest absolute Gasteiger partial charge is 0.434 e. The molecule has 120 valence electrons. The third kappa shape index (κ3) is 3.86. The topological polar surface area (TPSA) is 39.1 Å². The fourth-order valence-corrected chi connectivity index (χ4v) is 2.12. The van der Waals surface area contributed by atoms with Crippen LogP contribution >= 0.6 is 0 Å². The Hall–Kier alpha value is -1.86. The van der Waals surface area contributed by atoms with Crippen LogP contribution in [-0.4, -0.2) is 30.3 Å². The first-order valence-corrected chi connectivity index (χ1v) is 6.83. The fraction of sp³-hybridized carbons (Fsp3) is 0.400. The van der Waals surface area contributed by atoms with E-state index in [0.29, 0.717) is 31.1 Å². The zero-order chi connectivity index (χ0) is 16.2. The van der Waals surface area contributed by atoms with Gasteiger partial charge in [0.15, 0.2) is 5.69 Å². The van der Waals surface area contributed by atoms with Crippen molar-refractivity contribution in [2.45, 2.75) is 19.3 Å². The van der Waals surface area contributed by atoms with Crippen molar-refractivity contribution in [1.82, 2.24) is 14.9 Å². The number of hydrogen-bond acceptors (Lipinski definition) is 3. The molecule has 0 radical (unpaired) electrons. The number of imidazole rings is 1. The molecule has 0 saturated carbocycles. The van der Waals surface area contributed by atoms with E-state index in [1.54, 1.807) is 12.1 Å². The molecule has 0 spiro atoms. The van der Waals surface area contributed by atoms with Gasteiger partial charge in [0.05, 0.1) is 6.61 Å². The first-order valence-electron chi connectivity index (χ1n) is 6.83. The molecule has 4 nitrogen and oxygen atoms in total. The van der Waals surface area contributed by atoms with Crippen molar-refractivity contribution in [3.63, 3.8) is 0 Å². The highest BCUT2D eigenvalue weighted by molar-refractivity contribution is 5.56. The maximum absolute atomic E-state index is 12.9. The molecule has 22 heavy (non-hydrogen) atoms. The second kappa shape index (κ2) is 6.93. The van der Waals surface area contributed by atoms with Gasteiger partial charge >= 0.3 is 6.18 Å². The monoisotopic (exact) mass is 313 g/mol. The van der Waals surface area contributed by atoms with Gasteiger partial charge in [-0.05, 0) is 12.6 Å². The molecule has 0 saturated heterocycles. The zero-order valence-electron chi connectivity index (χ0n) is 12.4. The molecular formula is C15H18F3N3O. The second-order valence-electron chi connectivity index (χ2n) is 4.86. The Kier molecular flexibility index (Phi) is 5.20. The summed E-state index contributed by atoms with van der Waals surface area (Å²) in [4.78, 5) is 3.75. The Bertz CT molecular complexity index is 605. The molecule has 0 bridgehead atoms. The molecule has 0 aliphatic rings. The van der Waals surface area contributed by atoms with E-state index in [0.717, 1.165) is 11.8 Å². The molecule has 2 rings (SSSR count). The molecule has 2 aromatic rings. The minimum Gasteiger partial charge on any atom is -0.383 e. The van der Waals surface area contributed by atoms with E-state index < -0.39 is 11.9 Å². The van der Waals surface area contributed by atoms with Gasteiger partial charge in [0.25, 0.3) is 0 Å². The Morgan fingerprint density at radius 3 is 2.45 bits per heavy atom. The fourth-order valence-electron chi connectivity index (χ4n) is 2.12. The van der Waals surface area contributed by atoms with E-state index in [4.69, 9.17) is 4.74 Å². The van der Waals surface area contributed by atoms with Crippen LogP contribution in [0.5, 0.6) is 0 Å². The van der Waals surface area contributed by atoms with Crippen molar-refractivity contribution in [2.24, 2.45) is 0 Å². The lowest BCUT2D eigenvalue weighted by Crippen LogP contribution is -2.06. The van der Waals surface area contributed by atoms with E-state index in [9.17, 15) is 13.2 Å². The number of benzene rings is 1. The summed E-state index contributed by atoms with van der Waals surface area (Å²) in [6.45, 7) is 1.33. The normalized spacial score (nSPS) is 11.9. The highest BCUT2D eigenvalue weighted by atomic mass is 19.4. The quantitative estimate of drug-likeness (QED) is 0.891. The van der Waals surface area contributed by atoms with Gasteiger partial charge in [-0.15, -0.1) is 0 Å². The molecule has 1 aromatic carbocycles. The van der Waals surface area contributed by atoms with Gasteiger partial charge in [0.1, 0.15) is 5.82 Å². The third-order valence-electron chi connectivity index (χ3n) is 3.20. The Labute approximate surface area is 126 Å². The van der Waals surface area contributed by atoms with Crippen LogP contribution in [0.1, 0.15) is 11.3 Å². The van der Waals surface area contributed by atoms with Crippen LogP contribution in [0, 0.1) is 0 Å². The SMILES string of the molecule is CNCc1ccc(-c2nc(C(F)(F)F)cn2CCOC)cc1. The van der Waals surface area contributed by atoms with Crippen molar-refractivity contribution in [1.29, 1.82) is 0 Å². The van der Waals surface area contributed by atoms with Crippen LogP contribution in [-0.2, 0) is 24.0 Å². The van der Waals surface area contributed by atoms with Crippen LogP contribution in [0.2, 0.25) is 0 Å². The molecule has 0 fully saturated rings. The van der Waals surface area contributed by atoms with Gasteiger partial charge in [-0.2, -0.15) is 13.2 Å². The lowest BCUT2D eigenvalue weighted by atomic mass is 10.1. The lowest BCUT2D eigenvalue weighted by Gasteiger charge is -2.08. The summed E-state index contributed by atoms with van der Waals surface area (Å²) in [5.74, 6) is 0.292. The van der Waals surface area contributed by atoms with E-state index in [1.165, 1.54) is 11.7 Å². The maximum Gasteiger partial charge on any atom is 0.434 e. The standard InChI is InChI=1S/C15H18F3N3O/c1-19-9-11-3-5-12(6-4-11)14-20-13(15(16,17)18)10-21(14)7-8-22-2/h3-6,10,19H,7-9H2,1-2H3. The van der Waals surface area contributed by atoms with Gasteiger partial charge in [-0.25, -0.2) is 4.98 Å². The highest BCUT2D eigenvalue weighted by Crippen LogP contribution is 2.31. The minimum atomic E-state index is -4.46. The molecule has 0 amide bonds. The molecule has 0 atom stereocenters. The molecule has 0 unspecified atom stereocenters. The van der Waals surface area contributed by atoms with Crippen molar-refractivity contribution < 1.29 is 17.9 Å². The Balaban J connectivity index is 2.36. The third-order valence-corrected chi connectivity index (χ3v) is 3.20. The first kappa shape index (κ1) is 16.5. The van der Waals surface area contributed by atoms with Gasteiger partial charge < -0.3 is 14.6 Å². The number of alkyl halides is 3. The van der Waals surface area contributed by atoms with Gasteiger partial charge in [-0.3, -0.25) is 0 Å². The summed E-state index contributed by atoms with van der Waals surface area (Å²) >= 11 is 0. The summed E-state index contributed by atoms with van der Waals surface area (Å²) in [6.07, 6.45) is -3.44. The van der Waals surface area contributed by atoms with Crippen molar-refractivity contribution in [3.8, 4) is 11.4 Å². The van der Waals surface area contributed by atoms with Crippen molar-refractivity contribution in [3.05, 3.63) is 41.7 Å². The highest BCUT2D eigenvalue weighted by Gasteiger charge is 2.34. The number of nitrogens with zero attached hydrogens (tertiary/aromatic N) is 2. The summed E-state index contributed by atoms with van der Waals surface area (Å²) in [5, 5.41) is 3.02. The van der Waals surface area contributed by atoms with E-state index in [2.05, 4.69) is 10.3 Å². The average Bonchev–Trinajstić information content (AvgIpc) is 2.90. The first-order chi connectivity index (χ1) is 10.5. The Morgan fingerprint density at radius 1 is 1.23 bits per heavy atom. The average molecular weight is 313 g/mol. The molecular weight excluding hydrogens is 295 g/mol. The molecule has 0 aliphatic heterocycles. The Morgan fingerprint density at radius 2 is 1.91 bits per heavy atom. The molecule has 1 aromatic heterocycles. The number of rotatable bonds is 6. The smallest absolute Gasteiger partial charge is 0.383 e. The minimum absolute atomic E-state index is 0.292. The number of hydrogen-bond donors (Lipinski definition) is 1. The van der Waals surface area contributed by atoms with Crippen molar-refractivity contribution >= 4 is 0 Å². The molecule has 0 aliphatic carbocycles. The molecule has 1 heterocycles. The summed E-state index contributed by atoms with van der Waals surface area (Å²) in [5.41, 5.74) is 0.807. The number of ether oxygens (including phenoxy) is 1.